The van der Waals surface area contributed by atoms with Gasteiger partial charge in [-0.15, -0.1) is 0 Å². The van der Waals surface area contributed by atoms with Crippen molar-refractivity contribution >= 4 is 21.8 Å². The number of carbonyl (C=O) groups is 2. The predicted octanol–water partition coefficient (Wildman–Crippen LogP) is 3.17. The normalized spacial score (nSPS) is 14.2. The maximum absolute atomic E-state index is 13.3. The number of amides is 2. The van der Waals surface area contributed by atoms with Crippen LogP contribution < -0.4 is 10.6 Å². The predicted molar refractivity (Wildman–Crippen MR) is 144 cm³/mol. The van der Waals surface area contributed by atoms with E-state index in [0.717, 1.165) is 0 Å². The number of alkyl carbamates (subject to hydrolysis) is 1. The third kappa shape index (κ3) is 9.18. The van der Waals surface area contributed by atoms with Crippen molar-refractivity contribution in [3.05, 3.63) is 72.1 Å². The van der Waals surface area contributed by atoms with Gasteiger partial charge in [0.2, 0.25) is 11.7 Å². The van der Waals surface area contributed by atoms with Crippen LogP contribution in [0.2, 0.25) is 0 Å². The number of hydrogen-bond donors (Lipinski definition) is 3. The number of aliphatic hydroxyl groups excluding tert-OH is 1. The van der Waals surface area contributed by atoms with Gasteiger partial charge in [-0.2, -0.15) is 4.98 Å². The Morgan fingerprint density at radius 3 is 2.23 bits per heavy atom. The van der Waals surface area contributed by atoms with Gasteiger partial charge in [0.25, 0.3) is 5.89 Å². The van der Waals surface area contributed by atoms with Crippen molar-refractivity contribution in [2.45, 2.75) is 63.7 Å². The van der Waals surface area contributed by atoms with Crippen LogP contribution in [0.5, 0.6) is 0 Å². The number of nitrogens with one attached hydrogen (secondary N) is 2. The summed E-state index contributed by atoms with van der Waals surface area (Å²) in [6.45, 7) is 6.65. The average molecular weight is 559 g/mol. The van der Waals surface area contributed by atoms with E-state index < -0.39 is 51.4 Å². The number of hydrogen-bond acceptors (Lipinski definition) is 9. The Morgan fingerprint density at radius 2 is 1.64 bits per heavy atom. The van der Waals surface area contributed by atoms with Gasteiger partial charge < -0.3 is 25.0 Å². The van der Waals surface area contributed by atoms with Gasteiger partial charge in [-0.05, 0) is 32.8 Å². The molecule has 0 bridgehead atoms. The summed E-state index contributed by atoms with van der Waals surface area (Å²) >= 11 is 0. The lowest BCUT2D eigenvalue weighted by molar-refractivity contribution is -0.124. The summed E-state index contributed by atoms with van der Waals surface area (Å²) in [5, 5.41) is 19.8. The first-order valence-electron chi connectivity index (χ1n) is 12.5. The van der Waals surface area contributed by atoms with E-state index in [1.807, 2.05) is 6.07 Å². The van der Waals surface area contributed by atoms with Crippen LogP contribution in [0, 0.1) is 0 Å². The van der Waals surface area contributed by atoms with Crippen LogP contribution in [0.4, 0.5) is 4.79 Å². The van der Waals surface area contributed by atoms with Gasteiger partial charge in [-0.1, -0.05) is 72.7 Å². The minimum atomic E-state index is -3.84. The molecule has 1 heterocycles. The number of sulfone groups is 1. The Hall–Kier alpha value is -3.77. The highest BCUT2D eigenvalue weighted by Gasteiger charge is 2.33. The third-order valence-corrected chi connectivity index (χ3v) is 7.15. The van der Waals surface area contributed by atoms with Crippen LogP contribution in [0.15, 0.2) is 65.2 Å². The molecule has 210 valence electrons. The van der Waals surface area contributed by atoms with Crippen LogP contribution in [0.1, 0.15) is 51.7 Å². The zero-order valence-electron chi connectivity index (χ0n) is 22.3. The summed E-state index contributed by atoms with van der Waals surface area (Å²) in [5.74, 6) is -1.67. The lowest BCUT2D eigenvalue weighted by atomic mass is 10.1. The molecule has 0 aliphatic rings. The molecule has 0 fully saturated rings. The number of ether oxygens (including phenoxy) is 1. The Labute approximate surface area is 227 Å². The molecule has 2 aromatic carbocycles. The molecule has 0 radical (unpaired) electrons. The molecule has 0 aliphatic heterocycles. The first kappa shape index (κ1) is 29.8. The quantitative estimate of drug-likeness (QED) is 0.321. The zero-order chi connectivity index (χ0) is 28.6. The van der Waals surface area contributed by atoms with Crippen molar-refractivity contribution in [2.24, 2.45) is 0 Å². The van der Waals surface area contributed by atoms with E-state index in [4.69, 9.17) is 9.26 Å². The highest BCUT2D eigenvalue weighted by Crippen LogP contribution is 2.22. The number of rotatable bonds is 11. The Bertz CT molecular complexity index is 1340. The van der Waals surface area contributed by atoms with Gasteiger partial charge in [0.15, 0.2) is 15.9 Å². The summed E-state index contributed by atoms with van der Waals surface area (Å²) in [4.78, 5) is 30.0. The Balaban J connectivity index is 1.77. The fraction of sp³-hybridized carbons (Fsp3) is 0.407. The van der Waals surface area contributed by atoms with E-state index in [-0.39, 0.29) is 23.9 Å². The molecular weight excluding hydrogens is 524 g/mol. The number of aromatic nitrogens is 2. The van der Waals surface area contributed by atoms with Crippen LogP contribution in [-0.2, 0) is 25.1 Å². The third-order valence-electron chi connectivity index (χ3n) is 5.53. The second-order valence-corrected chi connectivity index (χ2v) is 12.1. The van der Waals surface area contributed by atoms with Crippen molar-refractivity contribution in [2.75, 3.05) is 5.75 Å². The smallest absolute Gasteiger partial charge is 0.408 e. The van der Waals surface area contributed by atoms with E-state index in [1.165, 1.54) is 0 Å². The lowest BCUT2D eigenvalue weighted by Gasteiger charge is -2.26. The number of nitrogens with zero attached hydrogens (tertiary/aromatic N) is 2. The topological polar surface area (TPSA) is 161 Å². The van der Waals surface area contributed by atoms with Crippen molar-refractivity contribution in [1.29, 1.82) is 0 Å². The van der Waals surface area contributed by atoms with Gasteiger partial charge in [0.05, 0.1) is 17.5 Å². The molecule has 0 aliphatic carbocycles. The number of benzene rings is 2. The average Bonchev–Trinajstić information content (AvgIpc) is 3.36. The summed E-state index contributed by atoms with van der Waals surface area (Å²) in [6.07, 6.45) is -2.09. The minimum absolute atomic E-state index is 0.116. The highest BCUT2D eigenvalue weighted by atomic mass is 32.2. The molecule has 3 unspecified atom stereocenters. The van der Waals surface area contributed by atoms with E-state index in [1.54, 1.807) is 82.3 Å². The molecule has 0 spiro atoms. The Morgan fingerprint density at radius 1 is 1.03 bits per heavy atom. The monoisotopic (exact) mass is 558 g/mol. The molecule has 3 N–H and O–H groups in total. The van der Waals surface area contributed by atoms with Crippen molar-refractivity contribution < 1.29 is 32.4 Å². The van der Waals surface area contributed by atoms with E-state index in [2.05, 4.69) is 20.8 Å². The van der Waals surface area contributed by atoms with Crippen LogP contribution in [-0.4, -0.2) is 59.1 Å². The Kier molecular flexibility index (Phi) is 9.81. The van der Waals surface area contributed by atoms with Gasteiger partial charge in [-0.3, -0.25) is 4.79 Å². The van der Waals surface area contributed by atoms with Crippen LogP contribution in [0.25, 0.3) is 11.4 Å². The molecule has 39 heavy (non-hydrogen) atoms. The molecule has 11 nitrogen and oxygen atoms in total. The van der Waals surface area contributed by atoms with Crippen molar-refractivity contribution in [3.63, 3.8) is 0 Å². The summed E-state index contributed by atoms with van der Waals surface area (Å²) in [5.41, 5.74) is 0.355. The molecule has 1 aromatic heterocycles. The summed E-state index contributed by atoms with van der Waals surface area (Å²) < 4.78 is 36.4. The van der Waals surface area contributed by atoms with E-state index in [0.29, 0.717) is 11.1 Å². The van der Waals surface area contributed by atoms with Crippen LogP contribution >= 0.6 is 0 Å². The second-order valence-electron chi connectivity index (χ2n) is 10.0. The molecule has 0 saturated carbocycles. The standard InChI is InChI=1S/C27H34N4O7S/c1-5-20(22(32)25-30-23(31-38-25)19-14-10-7-11-15-19)28-24(33)21(29-26(34)37-27(2,3)4)17-39(35,36)16-18-12-8-6-9-13-18/h6-15,20-22,32H,5,16-17H2,1-4H3,(H,28,33)(H,29,34). The molecular formula is C27H34N4O7S. The second kappa shape index (κ2) is 12.9. The largest absolute Gasteiger partial charge is 0.444 e. The van der Waals surface area contributed by atoms with Gasteiger partial charge >= 0.3 is 6.09 Å². The lowest BCUT2D eigenvalue weighted by Crippen LogP contribution is -2.54. The molecule has 3 aromatic rings. The summed E-state index contributed by atoms with van der Waals surface area (Å²) in [6, 6.07) is 15.1. The van der Waals surface area contributed by atoms with E-state index >= 15 is 0 Å². The van der Waals surface area contributed by atoms with Gasteiger partial charge in [0.1, 0.15) is 11.6 Å². The zero-order valence-corrected chi connectivity index (χ0v) is 23.1. The molecule has 12 heteroatoms. The maximum atomic E-state index is 13.3. The summed E-state index contributed by atoms with van der Waals surface area (Å²) in [7, 11) is -3.84. The molecule has 0 saturated heterocycles. The first-order valence-corrected chi connectivity index (χ1v) is 14.3. The molecule has 3 atom stereocenters. The highest BCUT2D eigenvalue weighted by molar-refractivity contribution is 7.90. The van der Waals surface area contributed by atoms with Gasteiger partial charge in [-0.25, -0.2) is 13.2 Å². The number of carbonyl (C=O) groups excluding carboxylic acids is 2. The molecule has 3 rings (SSSR count). The minimum Gasteiger partial charge on any atom is -0.444 e. The maximum Gasteiger partial charge on any atom is 0.408 e. The number of aliphatic hydroxyl groups is 1. The van der Waals surface area contributed by atoms with Gasteiger partial charge in [0, 0.05) is 5.56 Å². The molecule has 2 amide bonds. The first-order chi connectivity index (χ1) is 18.4. The van der Waals surface area contributed by atoms with Crippen LogP contribution in [0.3, 0.4) is 0 Å². The van der Waals surface area contributed by atoms with Crippen molar-refractivity contribution in [3.8, 4) is 11.4 Å². The van der Waals surface area contributed by atoms with E-state index in [9.17, 15) is 23.1 Å². The fourth-order valence-corrected chi connectivity index (χ4v) is 5.25. The van der Waals surface area contributed by atoms with Crippen molar-refractivity contribution in [1.82, 2.24) is 20.8 Å². The SMILES string of the molecule is CCC(NC(=O)C(CS(=O)(=O)Cc1ccccc1)NC(=O)OC(C)(C)C)C(O)c1nc(-c2ccccc2)no1. The fourth-order valence-electron chi connectivity index (χ4n) is 3.69.